The average Bonchev–Trinajstić information content (AvgIpc) is 2.50. The van der Waals surface area contributed by atoms with Gasteiger partial charge >= 0.3 is 0 Å². The fourth-order valence-electron chi connectivity index (χ4n) is 3.37. The quantitative estimate of drug-likeness (QED) is 0.291. The highest BCUT2D eigenvalue weighted by Crippen LogP contribution is 2.31. The lowest BCUT2D eigenvalue weighted by atomic mass is 9.95. The number of hydrogen-bond acceptors (Lipinski definition) is 0. The maximum Gasteiger partial charge on any atom is -0.00573 e. The molecule has 0 nitrogen and oxygen atoms in total. The standard InChI is InChI=1S/C20H37Br/c1-2-3-4-5-6-7-8-9-10-11-12-13-16-19-17-14-15-18-20(19)21/h2-18H2,1H3. The summed E-state index contributed by atoms with van der Waals surface area (Å²) in [7, 11) is 0. The van der Waals surface area contributed by atoms with Crippen molar-refractivity contribution in [2.75, 3.05) is 0 Å². The third kappa shape index (κ3) is 10.6. The molecule has 124 valence electrons. The Hall–Kier alpha value is 0.220. The first-order chi connectivity index (χ1) is 10.3. The Balaban J connectivity index is 1.80. The molecule has 0 atom stereocenters. The molecule has 0 aliphatic heterocycles. The monoisotopic (exact) mass is 356 g/mol. The van der Waals surface area contributed by atoms with Crippen LogP contribution in [0.2, 0.25) is 0 Å². The summed E-state index contributed by atoms with van der Waals surface area (Å²) in [4.78, 5) is 0. The zero-order valence-corrected chi connectivity index (χ0v) is 16.0. The minimum Gasteiger partial charge on any atom is -0.0654 e. The molecule has 0 N–H and O–H groups in total. The molecule has 0 aromatic heterocycles. The lowest BCUT2D eigenvalue weighted by molar-refractivity contribution is 0.541. The van der Waals surface area contributed by atoms with Crippen LogP contribution < -0.4 is 0 Å². The number of allylic oxidation sites excluding steroid dienone is 2. The minimum atomic E-state index is 1.30. The zero-order valence-electron chi connectivity index (χ0n) is 14.4. The molecule has 1 aliphatic carbocycles. The number of hydrogen-bond donors (Lipinski definition) is 0. The highest BCUT2D eigenvalue weighted by atomic mass is 79.9. The van der Waals surface area contributed by atoms with Gasteiger partial charge in [0.05, 0.1) is 0 Å². The van der Waals surface area contributed by atoms with E-state index in [1.165, 1.54) is 114 Å². The van der Waals surface area contributed by atoms with Crippen LogP contribution in [0, 0.1) is 0 Å². The van der Waals surface area contributed by atoms with Crippen LogP contribution in [0.1, 0.15) is 116 Å². The molecule has 0 heterocycles. The van der Waals surface area contributed by atoms with Crippen LogP contribution in [0.4, 0.5) is 0 Å². The fourth-order valence-corrected chi connectivity index (χ4v) is 4.05. The van der Waals surface area contributed by atoms with E-state index in [1.807, 2.05) is 0 Å². The first-order valence-corrected chi connectivity index (χ1v) is 10.5. The third-order valence-corrected chi connectivity index (χ3v) is 5.80. The normalized spacial score (nSPS) is 15.7. The summed E-state index contributed by atoms with van der Waals surface area (Å²) in [5.74, 6) is 0. The Morgan fingerprint density at radius 2 is 1.14 bits per heavy atom. The van der Waals surface area contributed by atoms with Gasteiger partial charge in [-0.25, -0.2) is 0 Å². The molecule has 1 aliphatic rings. The van der Waals surface area contributed by atoms with Crippen molar-refractivity contribution < 1.29 is 0 Å². The molecule has 1 heteroatoms. The van der Waals surface area contributed by atoms with Crippen LogP contribution >= 0.6 is 15.9 Å². The van der Waals surface area contributed by atoms with E-state index in [0.717, 1.165) is 0 Å². The van der Waals surface area contributed by atoms with E-state index in [2.05, 4.69) is 22.9 Å². The lowest BCUT2D eigenvalue weighted by Gasteiger charge is -2.16. The minimum absolute atomic E-state index is 1.30. The van der Waals surface area contributed by atoms with E-state index in [4.69, 9.17) is 0 Å². The van der Waals surface area contributed by atoms with Gasteiger partial charge in [-0.1, -0.05) is 99.1 Å². The predicted molar refractivity (Wildman–Crippen MR) is 100 cm³/mol. The van der Waals surface area contributed by atoms with Gasteiger partial charge in [0.1, 0.15) is 0 Å². The van der Waals surface area contributed by atoms with Crippen molar-refractivity contribution in [2.45, 2.75) is 116 Å². The second kappa shape index (κ2) is 13.9. The highest BCUT2D eigenvalue weighted by Gasteiger charge is 2.09. The molecule has 0 fully saturated rings. The van der Waals surface area contributed by atoms with Gasteiger partial charge in [-0.05, 0) is 43.0 Å². The molecule has 0 spiro atoms. The Morgan fingerprint density at radius 1 is 0.667 bits per heavy atom. The van der Waals surface area contributed by atoms with E-state index in [9.17, 15) is 0 Å². The molecule has 0 radical (unpaired) electrons. The summed E-state index contributed by atoms with van der Waals surface area (Å²) in [5, 5.41) is 0. The Bertz CT molecular complexity index is 267. The topological polar surface area (TPSA) is 0 Å². The molecule has 0 saturated heterocycles. The summed E-state index contributed by atoms with van der Waals surface area (Å²) < 4.78 is 1.54. The van der Waals surface area contributed by atoms with Crippen LogP contribution in [0.5, 0.6) is 0 Å². The van der Waals surface area contributed by atoms with E-state index < -0.39 is 0 Å². The summed E-state index contributed by atoms with van der Waals surface area (Å²) in [5.41, 5.74) is 1.73. The van der Waals surface area contributed by atoms with Crippen molar-refractivity contribution in [3.05, 3.63) is 10.1 Å². The van der Waals surface area contributed by atoms with E-state index in [1.54, 1.807) is 5.57 Å². The fraction of sp³-hybridized carbons (Fsp3) is 0.900. The molecular weight excluding hydrogens is 320 g/mol. The number of halogens is 1. The maximum absolute atomic E-state index is 3.77. The van der Waals surface area contributed by atoms with Gasteiger partial charge in [0.15, 0.2) is 0 Å². The van der Waals surface area contributed by atoms with Crippen molar-refractivity contribution in [1.82, 2.24) is 0 Å². The van der Waals surface area contributed by atoms with Gasteiger partial charge in [-0.3, -0.25) is 0 Å². The van der Waals surface area contributed by atoms with Gasteiger partial charge in [-0.2, -0.15) is 0 Å². The lowest BCUT2D eigenvalue weighted by Crippen LogP contribution is -1.95. The molecule has 1 rings (SSSR count). The van der Waals surface area contributed by atoms with E-state index in [-0.39, 0.29) is 0 Å². The second-order valence-electron chi connectivity index (χ2n) is 6.85. The van der Waals surface area contributed by atoms with Gasteiger partial charge in [0.2, 0.25) is 0 Å². The van der Waals surface area contributed by atoms with Crippen molar-refractivity contribution in [2.24, 2.45) is 0 Å². The third-order valence-electron chi connectivity index (χ3n) is 4.84. The first kappa shape index (κ1) is 19.3. The maximum atomic E-state index is 3.77. The van der Waals surface area contributed by atoms with Crippen LogP contribution in [0.25, 0.3) is 0 Å². The molecule has 0 bridgehead atoms. The molecule has 21 heavy (non-hydrogen) atoms. The van der Waals surface area contributed by atoms with Gasteiger partial charge in [0, 0.05) is 0 Å². The SMILES string of the molecule is CCCCCCCCCCCCCCC1=C(Br)CCCC1. The largest absolute Gasteiger partial charge is 0.0654 e. The van der Waals surface area contributed by atoms with E-state index >= 15 is 0 Å². The smallest absolute Gasteiger partial charge is 0.00573 e. The predicted octanol–water partition coefficient (Wildman–Crippen LogP) is 8.30. The average molecular weight is 357 g/mol. The van der Waals surface area contributed by atoms with Gasteiger partial charge < -0.3 is 0 Å². The molecule has 0 aromatic carbocycles. The van der Waals surface area contributed by atoms with Crippen molar-refractivity contribution >= 4 is 15.9 Å². The molecule has 0 unspecified atom stereocenters. The Labute approximate surface area is 142 Å². The van der Waals surface area contributed by atoms with E-state index in [0.29, 0.717) is 0 Å². The summed E-state index contributed by atoms with van der Waals surface area (Å²) in [6.07, 6.45) is 24.3. The first-order valence-electron chi connectivity index (χ1n) is 9.71. The number of rotatable bonds is 13. The number of unbranched alkanes of at least 4 members (excludes halogenated alkanes) is 11. The van der Waals surface area contributed by atoms with Gasteiger partial charge in [0.25, 0.3) is 0 Å². The zero-order chi connectivity index (χ0) is 15.2. The summed E-state index contributed by atoms with van der Waals surface area (Å²) >= 11 is 3.77. The van der Waals surface area contributed by atoms with Crippen molar-refractivity contribution in [3.63, 3.8) is 0 Å². The summed E-state index contributed by atoms with van der Waals surface area (Å²) in [6.45, 7) is 2.30. The summed E-state index contributed by atoms with van der Waals surface area (Å²) in [6, 6.07) is 0. The van der Waals surface area contributed by atoms with Crippen LogP contribution in [-0.4, -0.2) is 0 Å². The Morgan fingerprint density at radius 3 is 1.67 bits per heavy atom. The molecule has 0 aromatic rings. The van der Waals surface area contributed by atoms with Crippen molar-refractivity contribution in [1.29, 1.82) is 0 Å². The Kier molecular flexibility index (Phi) is 12.7. The molecular formula is C20H37Br. The second-order valence-corrected chi connectivity index (χ2v) is 7.81. The molecule has 0 saturated carbocycles. The van der Waals surface area contributed by atoms with Gasteiger partial charge in [-0.15, -0.1) is 0 Å². The molecule has 0 amide bonds. The van der Waals surface area contributed by atoms with Crippen LogP contribution in [0.3, 0.4) is 0 Å². The highest BCUT2D eigenvalue weighted by molar-refractivity contribution is 9.11. The van der Waals surface area contributed by atoms with Crippen LogP contribution in [-0.2, 0) is 0 Å². The van der Waals surface area contributed by atoms with Crippen LogP contribution in [0.15, 0.2) is 10.1 Å². The van der Waals surface area contributed by atoms with Crippen molar-refractivity contribution in [3.8, 4) is 0 Å².